The zero-order chi connectivity index (χ0) is 13.0. The van der Waals surface area contributed by atoms with Crippen LogP contribution in [0.2, 0.25) is 0 Å². The number of hydrogen-bond acceptors (Lipinski definition) is 4. The second-order valence-electron chi connectivity index (χ2n) is 4.00. The van der Waals surface area contributed by atoms with Crippen molar-refractivity contribution in [3.63, 3.8) is 0 Å². The van der Waals surface area contributed by atoms with Gasteiger partial charge in [-0.1, -0.05) is 18.2 Å². The van der Waals surface area contributed by atoms with E-state index in [1.807, 2.05) is 45.2 Å². The highest BCUT2D eigenvalue weighted by atomic mass is 16.5. The van der Waals surface area contributed by atoms with Crippen molar-refractivity contribution in [3.05, 3.63) is 35.7 Å². The molecular formula is C13H18N4O. The monoisotopic (exact) mass is 246 g/mol. The van der Waals surface area contributed by atoms with E-state index in [2.05, 4.69) is 15.4 Å². The maximum absolute atomic E-state index is 5.58. The molecule has 0 aliphatic heterocycles. The number of benzene rings is 1. The minimum atomic E-state index is 0.667. The van der Waals surface area contributed by atoms with Gasteiger partial charge in [-0.15, -0.1) is 0 Å². The standard InChI is InChI=1S/C13H18N4O/c1-4-18-12-8-6-5-7-11(12)9-14-13-15-10(2)16-17(13)3/h5-8H,4,9H2,1-3H3,(H,14,15,16). The van der Waals surface area contributed by atoms with E-state index >= 15 is 0 Å². The molecule has 0 atom stereocenters. The second-order valence-corrected chi connectivity index (χ2v) is 4.00. The molecule has 1 aromatic heterocycles. The predicted molar refractivity (Wildman–Crippen MR) is 70.7 cm³/mol. The van der Waals surface area contributed by atoms with Crippen LogP contribution in [0.25, 0.3) is 0 Å². The number of nitrogens with zero attached hydrogens (tertiary/aromatic N) is 3. The van der Waals surface area contributed by atoms with E-state index in [4.69, 9.17) is 4.74 Å². The quantitative estimate of drug-likeness (QED) is 0.878. The Hall–Kier alpha value is -2.04. The van der Waals surface area contributed by atoms with Gasteiger partial charge in [0.1, 0.15) is 11.6 Å². The number of ether oxygens (including phenoxy) is 1. The van der Waals surface area contributed by atoms with E-state index in [0.29, 0.717) is 13.2 Å². The molecule has 0 aliphatic carbocycles. The van der Waals surface area contributed by atoms with Gasteiger partial charge in [0, 0.05) is 19.2 Å². The molecular weight excluding hydrogens is 228 g/mol. The van der Waals surface area contributed by atoms with Crippen molar-refractivity contribution in [3.8, 4) is 5.75 Å². The van der Waals surface area contributed by atoms with Gasteiger partial charge in [-0.2, -0.15) is 10.1 Å². The van der Waals surface area contributed by atoms with E-state index in [1.54, 1.807) is 4.68 Å². The molecule has 1 aromatic carbocycles. The molecule has 2 aromatic rings. The van der Waals surface area contributed by atoms with Crippen molar-refractivity contribution < 1.29 is 4.74 Å². The fraction of sp³-hybridized carbons (Fsp3) is 0.385. The van der Waals surface area contributed by atoms with Crippen LogP contribution >= 0.6 is 0 Å². The van der Waals surface area contributed by atoms with E-state index in [0.717, 1.165) is 23.1 Å². The van der Waals surface area contributed by atoms with Crippen LogP contribution in [0, 0.1) is 6.92 Å². The molecule has 0 amide bonds. The molecule has 0 bridgehead atoms. The highest BCUT2D eigenvalue weighted by Gasteiger charge is 2.06. The van der Waals surface area contributed by atoms with Crippen LogP contribution in [0.1, 0.15) is 18.3 Å². The van der Waals surface area contributed by atoms with Gasteiger partial charge in [-0.25, -0.2) is 4.68 Å². The molecule has 0 aliphatic rings. The second kappa shape index (κ2) is 5.53. The lowest BCUT2D eigenvalue weighted by Gasteiger charge is -2.10. The molecule has 0 unspecified atom stereocenters. The zero-order valence-corrected chi connectivity index (χ0v) is 11.0. The average Bonchev–Trinajstić information content (AvgIpc) is 2.67. The van der Waals surface area contributed by atoms with Crippen LogP contribution in [0.5, 0.6) is 5.75 Å². The third-order valence-corrected chi connectivity index (χ3v) is 2.58. The van der Waals surface area contributed by atoms with E-state index in [1.165, 1.54) is 0 Å². The summed E-state index contributed by atoms with van der Waals surface area (Å²) < 4.78 is 7.31. The Labute approximate surface area is 107 Å². The normalized spacial score (nSPS) is 10.4. The fourth-order valence-corrected chi connectivity index (χ4v) is 1.79. The molecule has 0 radical (unpaired) electrons. The zero-order valence-electron chi connectivity index (χ0n) is 11.0. The molecule has 0 saturated heterocycles. The van der Waals surface area contributed by atoms with Gasteiger partial charge < -0.3 is 10.1 Å². The highest BCUT2D eigenvalue weighted by molar-refractivity contribution is 5.37. The number of aryl methyl sites for hydroxylation is 2. The number of anilines is 1. The Balaban J connectivity index is 2.08. The molecule has 0 saturated carbocycles. The van der Waals surface area contributed by atoms with Crippen molar-refractivity contribution in [1.82, 2.24) is 14.8 Å². The van der Waals surface area contributed by atoms with E-state index < -0.39 is 0 Å². The summed E-state index contributed by atoms with van der Waals surface area (Å²) in [6, 6.07) is 7.99. The maximum Gasteiger partial charge on any atom is 0.221 e. The summed E-state index contributed by atoms with van der Waals surface area (Å²) >= 11 is 0. The maximum atomic E-state index is 5.58. The van der Waals surface area contributed by atoms with Gasteiger partial charge in [-0.3, -0.25) is 0 Å². The number of rotatable bonds is 5. The first-order valence-corrected chi connectivity index (χ1v) is 6.03. The first kappa shape index (κ1) is 12.4. The van der Waals surface area contributed by atoms with Crippen molar-refractivity contribution in [2.75, 3.05) is 11.9 Å². The van der Waals surface area contributed by atoms with Crippen LogP contribution in [0.15, 0.2) is 24.3 Å². The number of para-hydroxylation sites is 1. The lowest BCUT2D eigenvalue weighted by Crippen LogP contribution is -2.07. The average molecular weight is 246 g/mol. The van der Waals surface area contributed by atoms with Crippen LogP contribution < -0.4 is 10.1 Å². The molecule has 18 heavy (non-hydrogen) atoms. The molecule has 0 fully saturated rings. The SMILES string of the molecule is CCOc1ccccc1CNc1nc(C)nn1C. The summed E-state index contributed by atoms with van der Waals surface area (Å²) in [5, 5.41) is 7.45. The van der Waals surface area contributed by atoms with Crippen molar-refractivity contribution in [2.24, 2.45) is 7.05 Å². The smallest absolute Gasteiger partial charge is 0.221 e. The predicted octanol–water partition coefficient (Wildman–Crippen LogP) is 2.13. The molecule has 1 heterocycles. The van der Waals surface area contributed by atoms with Crippen LogP contribution in [0.3, 0.4) is 0 Å². The Morgan fingerprint density at radius 1 is 1.33 bits per heavy atom. The van der Waals surface area contributed by atoms with Crippen LogP contribution in [-0.4, -0.2) is 21.4 Å². The van der Waals surface area contributed by atoms with Crippen molar-refractivity contribution in [1.29, 1.82) is 0 Å². The largest absolute Gasteiger partial charge is 0.494 e. The highest BCUT2D eigenvalue weighted by Crippen LogP contribution is 2.18. The molecule has 5 nitrogen and oxygen atoms in total. The summed E-state index contributed by atoms with van der Waals surface area (Å²) in [6.45, 7) is 5.19. The Kier molecular flexibility index (Phi) is 3.82. The van der Waals surface area contributed by atoms with Gasteiger partial charge in [0.15, 0.2) is 0 Å². The van der Waals surface area contributed by atoms with Gasteiger partial charge in [0.25, 0.3) is 0 Å². The van der Waals surface area contributed by atoms with Crippen LogP contribution in [-0.2, 0) is 13.6 Å². The molecule has 2 rings (SSSR count). The minimum Gasteiger partial charge on any atom is -0.494 e. The fourth-order valence-electron chi connectivity index (χ4n) is 1.79. The molecule has 0 spiro atoms. The Bertz CT molecular complexity index is 521. The summed E-state index contributed by atoms with van der Waals surface area (Å²) in [5.41, 5.74) is 1.11. The van der Waals surface area contributed by atoms with Gasteiger partial charge in [0.05, 0.1) is 6.61 Å². The minimum absolute atomic E-state index is 0.667. The number of aromatic nitrogens is 3. The lowest BCUT2D eigenvalue weighted by molar-refractivity contribution is 0.337. The third-order valence-electron chi connectivity index (χ3n) is 2.58. The topological polar surface area (TPSA) is 52.0 Å². The summed E-state index contributed by atoms with van der Waals surface area (Å²) in [5.74, 6) is 2.43. The number of nitrogens with one attached hydrogen (secondary N) is 1. The first-order chi connectivity index (χ1) is 8.70. The van der Waals surface area contributed by atoms with Gasteiger partial charge in [-0.05, 0) is 19.9 Å². The first-order valence-electron chi connectivity index (χ1n) is 6.03. The van der Waals surface area contributed by atoms with Crippen molar-refractivity contribution in [2.45, 2.75) is 20.4 Å². The molecule has 96 valence electrons. The molecule has 5 heteroatoms. The van der Waals surface area contributed by atoms with E-state index in [-0.39, 0.29) is 0 Å². The summed E-state index contributed by atoms with van der Waals surface area (Å²) in [7, 11) is 1.87. The number of hydrogen-bond donors (Lipinski definition) is 1. The van der Waals surface area contributed by atoms with Gasteiger partial charge >= 0.3 is 0 Å². The lowest BCUT2D eigenvalue weighted by atomic mass is 10.2. The Morgan fingerprint density at radius 3 is 2.78 bits per heavy atom. The van der Waals surface area contributed by atoms with Gasteiger partial charge in [0.2, 0.25) is 5.95 Å². The molecule has 1 N–H and O–H groups in total. The third kappa shape index (κ3) is 2.80. The summed E-state index contributed by atoms with van der Waals surface area (Å²) in [6.07, 6.45) is 0. The van der Waals surface area contributed by atoms with Crippen molar-refractivity contribution >= 4 is 5.95 Å². The summed E-state index contributed by atoms with van der Waals surface area (Å²) in [4.78, 5) is 4.30. The van der Waals surface area contributed by atoms with Crippen LogP contribution in [0.4, 0.5) is 5.95 Å². The van der Waals surface area contributed by atoms with E-state index in [9.17, 15) is 0 Å². The Morgan fingerprint density at radius 2 is 2.11 bits per heavy atom.